The normalized spacial score (nSPS) is 12.5. The second-order valence-electron chi connectivity index (χ2n) is 14.5. The molecule has 3 heterocycles. The van der Waals surface area contributed by atoms with Crippen LogP contribution in [0.1, 0.15) is 0 Å². The van der Waals surface area contributed by atoms with Gasteiger partial charge in [0.25, 0.3) is 0 Å². The maximum atomic E-state index is 2.50. The quantitative estimate of drug-likeness (QED) is 0.173. The predicted molar refractivity (Wildman–Crippen MR) is 247 cm³/mol. The molecule has 0 amide bonds. The summed E-state index contributed by atoms with van der Waals surface area (Å²) < 4.78 is 5.13. The number of anilines is 9. The van der Waals surface area contributed by atoms with Gasteiger partial charge >= 0.3 is 0 Å². The van der Waals surface area contributed by atoms with Crippen LogP contribution in [0.2, 0.25) is 0 Å². The van der Waals surface area contributed by atoms with Gasteiger partial charge < -0.3 is 14.7 Å². The molecular weight excluding hydrogens is 731 g/mol. The molecule has 268 valence electrons. The highest BCUT2D eigenvalue weighted by Gasteiger charge is 2.32. The molecule has 0 saturated heterocycles. The van der Waals surface area contributed by atoms with E-state index in [1.807, 2.05) is 22.7 Å². The summed E-state index contributed by atoms with van der Waals surface area (Å²) in [6, 6.07) is 73.0. The summed E-state index contributed by atoms with van der Waals surface area (Å²) in [4.78, 5) is 7.38. The number of thiophene rings is 2. The zero-order valence-electron chi connectivity index (χ0n) is 30.7. The van der Waals surface area contributed by atoms with Gasteiger partial charge in [-0.1, -0.05) is 127 Å². The smallest absolute Gasteiger partial charge is 0.0703 e. The lowest BCUT2D eigenvalue weighted by Crippen LogP contribution is -2.24. The molecule has 0 aliphatic carbocycles. The van der Waals surface area contributed by atoms with E-state index in [4.69, 9.17) is 0 Å². The van der Waals surface area contributed by atoms with E-state index in [9.17, 15) is 0 Å². The Morgan fingerprint density at radius 1 is 0.333 bits per heavy atom. The van der Waals surface area contributed by atoms with Crippen molar-refractivity contribution < 1.29 is 0 Å². The molecule has 9 aromatic carbocycles. The fraction of sp³-hybridized carbons (Fsp3) is 0. The minimum atomic E-state index is 1.13. The maximum Gasteiger partial charge on any atom is 0.0703 e. The molecular formula is C52H33N3S2. The fourth-order valence-electron chi connectivity index (χ4n) is 8.89. The molecule has 0 saturated carbocycles. The topological polar surface area (TPSA) is 9.72 Å². The van der Waals surface area contributed by atoms with Crippen LogP contribution < -0.4 is 14.7 Å². The molecule has 0 N–H and O–H groups in total. The first-order valence-corrected chi connectivity index (χ1v) is 20.9. The Bertz CT molecular complexity index is 3280. The zero-order chi connectivity index (χ0) is 37.5. The van der Waals surface area contributed by atoms with E-state index in [1.165, 1.54) is 62.5 Å². The monoisotopic (exact) mass is 763 g/mol. The highest BCUT2D eigenvalue weighted by atomic mass is 32.1. The second kappa shape index (κ2) is 12.8. The van der Waals surface area contributed by atoms with Crippen LogP contribution in [0, 0.1) is 0 Å². The van der Waals surface area contributed by atoms with E-state index in [1.54, 1.807) is 0 Å². The molecule has 0 unspecified atom stereocenters. The third-order valence-electron chi connectivity index (χ3n) is 11.3. The highest BCUT2D eigenvalue weighted by molar-refractivity contribution is 7.27. The Hall–Kier alpha value is -6.92. The predicted octanol–water partition coefficient (Wildman–Crippen LogP) is 16.3. The van der Waals surface area contributed by atoms with Crippen molar-refractivity contribution in [3.8, 4) is 0 Å². The first-order valence-electron chi connectivity index (χ1n) is 19.3. The van der Waals surface area contributed by atoms with Crippen molar-refractivity contribution in [3.63, 3.8) is 0 Å². The van der Waals surface area contributed by atoms with Gasteiger partial charge in [0.1, 0.15) is 0 Å². The number of benzene rings is 9. The SMILES string of the molecule is c1ccc(N2c3ccccc3N(c3ccc(N(c4ccccc4)c4cccc5c4sc4c6ccccc6ccc54)c4c3sc3ccccc34)c3ccccc32)cc1. The largest absolute Gasteiger partial charge is 0.308 e. The third-order valence-corrected chi connectivity index (χ3v) is 13.8. The number of hydrogen-bond acceptors (Lipinski definition) is 5. The molecule has 57 heavy (non-hydrogen) atoms. The van der Waals surface area contributed by atoms with E-state index in [-0.39, 0.29) is 0 Å². The van der Waals surface area contributed by atoms with Crippen molar-refractivity contribution in [2.24, 2.45) is 0 Å². The molecule has 1 aliphatic rings. The van der Waals surface area contributed by atoms with E-state index in [2.05, 4.69) is 215 Å². The van der Waals surface area contributed by atoms with Gasteiger partial charge in [0.05, 0.1) is 49.2 Å². The fourth-order valence-corrected chi connectivity index (χ4v) is 11.5. The highest BCUT2D eigenvalue weighted by Crippen LogP contribution is 2.58. The van der Waals surface area contributed by atoms with Crippen molar-refractivity contribution in [3.05, 3.63) is 200 Å². The Morgan fingerprint density at radius 3 is 1.68 bits per heavy atom. The van der Waals surface area contributed by atoms with Gasteiger partial charge in [-0.25, -0.2) is 0 Å². The Balaban J connectivity index is 1.14. The molecule has 1 aliphatic heterocycles. The molecule has 0 spiro atoms. The molecule has 0 bridgehead atoms. The molecule has 3 nitrogen and oxygen atoms in total. The summed E-state index contributed by atoms with van der Waals surface area (Å²) in [5, 5.41) is 7.67. The van der Waals surface area contributed by atoms with Crippen LogP contribution in [0.15, 0.2) is 200 Å². The van der Waals surface area contributed by atoms with Crippen molar-refractivity contribution in [1.82, 2.24) is 0 Å². The summed E-state index contributed by atoms with van der Waals surface area (Å²) in [7, 11) is 0. The number of nitrogens with zero attached hydrogens (tertiary/aromatic N) is 3. The van der Waals surface area contributed by atoms with E-state index >= 15 is 0 Å². The van der Waals surface area contributed by atoms with Gasteiger partial charge in [0.2, 0.25) is 0 Å². The Kier molecular flexibility index (Phi) is 7.27. The van der Waals surface area contributed by atoms with Crippen LogP contribution in [0.25, 0.3) is 51.1 Å². The van der Waals surface area contributed by atoms with Crippen LogP contribution in [0.5, 0.6) is 0 Å². The summed E-state index contributed by atoms with van der Waals surface area (Å²) >= 11 is 3.78. The summed E-state index contributed by atoms with van der Waals surface area (Å²) in [5.74, 6) is 0. The van der Waals surface area contributed by atoms with Crippen molar-refractivity contribution >= 4 is 125 Å². The van der Waals surface area contributed by atoms with Crippen molar-refractivity contribution in [2.45, 2.75) is 0 Å². The summed E-state index contributed by atoms with van der Waals surface area (Å²) in [6.45, 7) is 0. The summed E-state index contributed by atoms with van der Waals surface area (Å²) in [6.07, 6.45) is 0. The lowest BCUT2D eigenvalue weighted by atomic mass is 10.0. The Morgan fingerprint density at radius 2 is 0.930 bits per heavy atom. The lowest BCUT2D eigenvalue weighted by Gasteiger charge is -2.40. The first-order chi connectivity index (χ1) is 28.3. The van der Waals surface area contributed by atoms with Gasteiger partial charge in [0.15, 0.2) is 0 Å². The van der Waals surface area contributed by atoms with Crippen LogP contribution in [0.4, 0.5) is 51.2 Å². The molecule has 0 atom stereocenters. The van der Waals surface area contributed by atoms with Crippen LogP contribution in [-0.2, 0) is 0 Å². The Labute approximate surface area is 338 Å². The number of rotatable bonds is 5. The zero-order valence-corrected chi connectivity index (χ0v) is 32.3. The van der Waals surface area contributed by atoms with Gasteiger partial charge in [0, 0.05) is 42.3 Å². The van der Waals surface area contributed by atoms with Gasteiger partial charge in [-0.05, 0) is 83.6 Å². The van der Waals surface area contributed by atoms with Crippen LogP contribution in [-0.4, -0.2) is 0 Å². The molecule has 2 aromatic heterocycles. The molecule has 11 aromatic rings. The maximum absolute atomic E-state index is 2.50. The number of fused-ring (bicyclic) bond motifs is 10. The lowest BCUT2D eigenvalue weighted by molar-refractivity contribution is 1.17. The van der Waals surface area contributed by atoms with E-state index < -0.39 is 0 Å². The van der Waals surface area contributed by atoms with E-state index in [0.717, 1.165) is 39.8 Å². The van der Waals surface area contributed by atoms with Crippen LogP contribution in [0.3, 0.4) is 0 Å². The molecule has 5 heteroatoms. The average Bonchev–Trinajstić information content (AvgIpc) is 3.87. The molecule has 12 rings (SSSR count). The van der Waals surface area contributed by atoms with Crippen molar-refractivity contribution in [2.75, 3.05) is 14.7 Å². The van der Waals surface area contributed by atoms with Gasteiger partial charge in [-0.3, -0.25) is 0 Å². The number of para-hydroxylation sites is 6. The minimum Gasteiger partial charge on any atom is -0.308 e. The second-order valence-corrected chi connectivity index (χ2v) is 16.6. The average molecular weight is 764 g/mol. The van der Waals surface area contributed by atoms with Crippen LogP contribution >= 0.6 is 22.7 Å². The summed E-state index contributed by atoms with van der Waals surface area (Å²) in [5.41, 5.74) is 10.4. The van der Waals surface area contributed by atoms with E-state index in [0.29, 0.717) is 0 Å². The first kappa shape index (κ1) is 32.3. The third kappa shape index (κ3) is 4.89. The number of hydrogen-bond donors (Lipinski definition) is 0. The van der Waals surface area contributed by atoms with Crippen molar-refractivity contribution in [1.29, 1.82) is 0 Å². The minimum absolute atomic E-state index is 1.13. The standard InChI is InChI=1S/C52H33N3S2/c1-3-17-35(18-4-1)53-41-24-10-12-26-43(41)55(44-27-13-11-25-42(44)53)47-33-32-45(49-40-22-9-14-29-48(40)56-52(47)49)54(36-19-5-2-6-20-36)46-28-15-23-38-39-31-30-34-16-7-8-21-37(34)50(39)57-51(38)46/h1-33H. The van der Waals surface area contributed by atoms with Gasteiger partial charge in [-0.2, -0.15) is 0 Å². The van der Waals surface area contributed by atoms with Gasteiger partial charge in [-0.15, -0.1) is 22.7 Å². The molecule has 0 fully saturated rings. The molecule has 0 radical (unpaired) electrons.